The van der Waals surface area contributed by atoms with Gasteiger partial charge in [-0.15, -0.1) is 11.3 Å². The molecule has 0 aliphatic rings. The SMILES string of the molecule is COc1ccc(Nc2nc(-c3sccc3C)nc3cn[nH]c23)cc1OC. The average molecular weight is 367 g/mol. The first-order valence-corrected chi connectivity index (χ1v) is 8.82. The van der Waals surface area contributed by atoms with E-state index in [-0.39, 0.29) is 0 Å². The lowest BCUT2D eigenvalue weighted by Crippen LogP contribution is -1.99. The van der Waals surface area contributed by atoms with E-state index in [1.165, 1.54) is 0 Å². The molecule has 0 bridgehead atoms. The van der Waals surface area contributed by atoms with Gasteiger partial charge in [0, 0.05) is 11.8 Å². The smallest absolute Gasteiger partial charge is 0.172 e. The van der Waals surface area contributed by atoms with Gasteiger partial charge in [-0.3, -0.25) is 5.10 Å². The lowest BCUT2D eigenvalue weighted by atomic mass is 10.2. The molecule has 0 fully saturated rings. The molecule has 8 heteroatoms. The fourth-order valence-electron chi connectivity index (χ4n) is 2.68. The highest BCUT2D eigenvalue weighted by molar-refractivity contribution is 7.13. The van der Waals surface area contributed by atoms with Crippen molar-refractivity contribution in [2.75, 3.05) is 19.5 Å². The summed E-state index contributed by atoms with van der Waals surface area (Å²) in [6.07, 6.45) is 1.70. The number of aromatic amines is 1. The molecule has 0 aliphatic heterocycles. The van der Waals surface area contributed by atoms with Crippen molar-refractivity contribution in [3.63, 3.8) is 0 Å². The van der Waals surface area contributed by atoms with Gasteiger partial charge in [0.15, 0.2) is 23.1 Å². The molecule has 26 heavy (non-hydrogen) atoms. The summed E-state index contributed by atoms with van der Waals surface area (Å²) in [6, 6.07) is 7.67. The van der Waals surface area contributed by atoms with Crippen LogP contribution in [-0.4, -0.2) is 34.4 Å². The van der Waals surface area contributed by atoms with Crippen molar-refractivity contribution in [3.05, 3.63) is 41.4 Å². The summed E-state index contributed by atoms with van der Waals surface area (Å²) >= 11 is 1.62. The number of hydrogen-bond acceptors (Lipinski definition) is 7. The van der Waals surface area contributed by atoms with Crippen molar-refractivity contribution < 1.29 is 9.47 Å². The number of anilines is 2. The predicted octanol–water partition coefficient (Wildman–Crippen LogP) is 4.15. The highest BCUT2D eigenvalue weighted by Gasteiger charge is 2.14. The Labute approximate surface area is 154 Å². The van der Waals surface area contributed by atoms with Gasteiger partial charge in [0.25, 0.3) is 0 Å². The number of H-pyrrole nitrogens is 1. The topological polar surface area (TPSA) is 85.0 Å². The first-order chi connectivity index (χ1) is 12.7. The van der Waals surface area contributed by atoms with Crippen LogP contribution in [0.2, 0.25) is 0 Å². The number of methoxy groups -OCH3 is 2. The minimum Gasteiger partial charge on any atom is -0.493 e. The Balaban J connectivity index is 1.79. The molecule has 0 radical (unpaired) electrons. The fourth-order valence-corrected chi connectivity index (χ4v) is 3.54. The van der Waals surface area contributed by atoms with Gasteiger partial charge in [-0.1, -0.05) is 0 Å². The Morgan fingerprint density at radius 2 is 1.92 bits per heavy atom. The molecule has 132 valence electrons. The van der Waals surface area contributed by atoms with Crippen LogP contribution >= 0.6 is 11.3 Å². The number of hydrogen-bond donors (Lipinski definition) is 2. The number of aryl methyl sites for hydroxylation is 1. The third-order valence-electron chi connectivity index (χ3n) is 4.01. The quantitative estimate of drug-likeness (QED) is 0.551. The number of nitrogens with zero attached hydrogens (tertiary/aromatic N) is 3. The summed E-state index contributed by atoms with van der Waals surface area (Å²) in [4.78, 5) is 10.4. The maximum Gasteiger partial charge on any atom is 0.172 e. The van der Waals surface area contributed by atoms with Gasteiger partial charge < -0.3 is 14.8 Å². The van der Waals surface area contributed by atoms with Crippen LogP contribution in [0.4, 0.5) is 11.5 Å². The van der Waals surface area contributed by atoms with E-state index in [4.69, 9.17) is 14.5 Å². The predicted molar refractivity (Wildman–Crippen MR) is 103 cm³/mol. The standard InChI is InChI=1S/C18H17N5O2S/c1-10-6-7-26-16(10)18-21-12-9-19-23-15(12)17(22-18)20-11-4-5-13(24-2)14(8-11)25-3/h4-9H,1-3H3,(H,19,23)(H,20,21,22). The molecule has 3 aromatic heterocycles. The largest absolute Gasteiger partial charge is 0.493 e. The number of ether oxygens (including phenoxy) is 2. The van der Waals surface area contributed by atoms with Crippen LogP contribution in [-0.2, 0) is 0 Å². The lowest BCUT2D eigenvalue weighted by Gasteiger charge is -2.12. The van der Waals surface area contributed by atoms with Crippen molar-refractivity contribution in [2.24, 2.45) is 0 Å². The van der Waals surface area contributed by atoms with Gasteiger partial charge in [0.1, 0.15) is 11.0 Å². The Hall–Kier alpha value is -3.13. The number of rotatable bonds is 5. The Morgan fingerprint density at radius 1 is 1.08 bits per heavy atom. The molecule has 3 heterocycles. The Morgan fingerprint density at radius 3 is 2.65 bits per heavy atom. The zero-order valence-electron chi connectivity index (χ0n) is 14.5. The number of aromatic nitrogens is 4. The third-order valence-corrected chi connectivity index (χ3v) is 5.02. The van der Waals surface area contributed by atoms with Crippen molar-refractivity contribution in [1.82, 2.24) is 20.2 Å². The van der Waals surface area contributed by atoms with Gasteiger partial charge >= 0.3 is 0 Å². The van der Waals surface area contributed by atoms with Crippen LogP contribution in [0.1, 0.15) is 5.56 Å². The molecule has 0 atom stereocenters. The molecule has 0 unspecified atom stereocenters. The zero-order chi connectivity index (χ0) is 18.1. The second-order valence-electron chi connectivity index (χ2n) is 5.65. The minimum absolute atomic E-state index is 0.640. The van der Waals surface area contributed by atoms with E-state index in [0.29, 0.717) is 23.1 Å². The molecule has 0 saturated carbocycles. The maximum absolute atomic E-state index is 5.37. The molecular weight excluding hydrogens is 350 g/mol. The Bertz CT molecular complexity index is 1070. The third kappa shape index (κ3) is 2.84. The van der Waals surface area contributed by atoms with E-state index in [2.05, 4.69) is 33.5 Å². The fraction of sp³-hybridized carbons (Fsp3) is 0.167. The van der Waals surface area contributed by atoms with E-state index in [1.807, 2.05) is 23.6 Å². The van der Waals surface area contributed by atoms with Gasteiger partial charge in [-0.2, -0.15) is 5.10 Å². The second-order valence-corrected chi connectivity index (χ2v) is 6.57. The summed E-state index contributed by atoms with van der Waals surface area (Å²) in [5, 5.41) is 12.4. The summed E-state index contributed by atoms with van der Waals surface area (Å²) in [5.74, 6) is 2.64. The van der Waals surface area contributed by atoms with Gasteiger partial charge in [-0.25, -0.2) is 9.97 Å². The molecule has 0 saturated heterocycles. The number of benzene rings is 1. The number of thiophene rings is 1. The first-order valence-electron chi connectivity index (χ1n) is 7.94. The average Bonchev–Trinajstić information content (AvgIpc) is 3.30. The van der Waals surface area contributed by atoms with E-state index in [1.54, 1.807) is 31.8 Å². The van der Waals surface area contributed by atoms with Gasteiger partial charge in [0.2, 0.25) is 0 Å². The monoisotopic (exact) mass is 367 g/mol. The van der Waals surface area contributed by atoms with Crippen LogP contribution in [0.3, 0.4) is 0 Å². The molecule has 0 amide bonds. The molecular formula is C18H17N5O2S. The molecule has 0 spiro atoms. The molecule has 1 aromatic carbocycles. The van der Waals surface area contributed by atoms with Crippen LogP contribution in [0.15, 0.2) is 35.8 Å². The van der Waals surface area contributed by atoms with Crippen LogP contribution in [0.5, 0.6) is 11.5 Å². The summed E-state index contributed by atoms with van der Waals surface area (Å²) in [6.45, 7) is 2.05. The van der Waals surface area contributed by atoms with Crippen molar-refractivity contribution >= 4 is 33.9 Å². The Kier molecular flexibility index (Phi) is 4.18. The minimum atomic E-state index is 0.640. The van der Waals surface area contributed by atoms with Crippen molar-refractivity contribution in [3.8, 4) is 22.2 Å². The molecule has 0 aliphatic carbocycles. The highest BCUT2D eigenvalue weighted by Crippen LogP contribution is 2.33. The molecule has 2 N–H and O–H groups in total. The van der Waals surface area contributed by atoms with Crippen LogP contribution < -0.4 is 14.8 Å². The molecule has 4 aromatic rings. The first kappa shape index (κ1) is 16.3. The molecule has 7 nitrogen and oxygen atoms in total. The van der Waals surface area contributed by atoms with Gasteiger partial charge in [-0.05, 0) is 36.1 Å². The highest BCUT2D eigenvalue weighted by atomic mass is 32.1. The zero-order valence-corrected chi connectivity index (χ0v) is 15.3. The van der Waals surface area contributed by atoms with Crippen molar-refractivity contribution in [2.45, 2.75) is 6.92 Å². The summed E-state index contributed by atoms with van der Waals surface area (Å²) in [7, 11) is 3.22. The van der Waals surface area contributed by atoms with E-state index in [0.717, 1.165) is 27.2 Å². The van der Waals surface area contributed by atoms with E-state index in [9.17, 15) is 0 Å². The number of nitrogens with one attached hydrogen (secondary N) is 2. The second kappa shape index (κ2) is 6.64. The lowest BCUT2D eigenvalue weighted by molar-refractivity contribution is 0.355. The van der Waals surface area contributed by atoms with Gasteiger partial charge in [0.05, 0.1) is 25.3 Å². The van der Waals surface area contributed by atoms with E-state index >= 15 is 0 Å². The normalized spacial score (nSPS) is 10.9. The summed E-state index contributed by atoms with van der Waals surface area (Å²) in [5.41, 5.74) is 3.48. The number of fused-ring (bicyclic) bond motifs is 1. The van der Waals surface area contributed by atoms with E-state index < -0.39 is 0 Å². The maximum atomic E-state index is 5.37. The van der Waals surface area contributed by atoms with Crippen molar-refractivity contribution in [1.29, 1.82) is 0 Å². The van der Waals surface area contributed by atoms with Crippen LogP contribution in [0.25, 0.3) is 21.7 Å². The molecule has 4 rings (SSSR count). The van der Waals surface area contributed by atoms with Crippen LogP contribution in [0, 0.1) is 6.92 Å². The summed E-state index contributed by atoms with van der Waals surface area (Å²) < 4.78 is 10.7.